The van der Waals surface area contributed by atoms with Gasteiger partial charge in [0, 0.05) is 31.7 Å². The fourth-order valence-corrected chi connectivity index (χ4v) is 2.59. The van der Waals surface area contributed by atoms with Gasteiger partial charge in [-0.05, 0) is 12.5 Å². The third-order valence-corrected chi connectivity index (χ3v) is 3.20. The molecule has 1 heterocycles. The zero-order chi connectivity index (χ0) is 13.0. The van der Waals surface area contributed by atoms with Gasteiger partial charge in [0.25, 0.3) is 0 Å². The maximum Gasteiger partial charge on any atom is 0.304 e. The van der Waals surface area contributed by atoms with Gasteiger partial charge in [0.1, 0.15) is 0 Å². The molecule has 2 atom stereocenters. The lowest BCUT2D eigenvalue weighted by atomic mass is 10.1. The van der Waals surface area contributed by atoms with Crippen LogP contribution in [0.5, 0.6) is 0 Å². The lowest BCUT2D eigenvalue weighted by Crippen LogP contribution is -2.55. The lowest BCUT2D eigenvalue weighted by molar-refractivity contribution is -0.137. The standard InChI is InChI=1S/C14H20N2O2/c1-11-8-16(9-12-5-3-2-4-6-12)10-13(15-11)7-14(17)18/h2-6,11,13,15H,7-10H2,1H3,(H,17,18)/t11-,13+/m0/s1. The van der Waals surface area contributed by atoms with Crippen LogP contribution in [0.15, 0.2) is 30.3 Å². The third kappa shape index (κ3) is 3.82. The average molecular weight is 248 g/mol. The van der Waals surface area contributed by atoms with Gasteiger partial charge in [-0.1, -0.05) is 30.3 Å². The van der Waals surface area contributed by atoms with Gasteiger partial charge >= 0.3 is 5.97 Å². The Balaban J connectivity index is 1.94. The second-order valence-electron chi connectivity index (χ2n) is 5.04. The number of benzene rings is 1. The minimum atomic E-state index is -0.735. The molecule has 98 valence electrons. The first-order chi connectivity index (χ1) is 8.63. The minimum Gasteiger partial charge on any atom is -0.481 e. The van der Waals surface area contributed by atoms with E-state index in [1.807, 2.05) is 18.2 Å². The van der Waals surface area contributed by atoms with Crippen LogP contribution >= 0.6 is 0 Å². The summed E-state index contributed by atoms with van der Waals surface area (Å²) in [5.41, 5.74) is 1.28. The molecule has 2 rings (SSSR count). The molecule has 0 amide bonds. The molecule has 1 aliphatic heterocycles. The zero-order valence-corrected chi connectivity index (χ0v) is 10.7. The Morgan fingerprint density at radius 3 is 2.78 bits per heavy atom. The number of hydrogen-bond donors (Lipinski definition) is 2. The Morgan fingerprint density at radius 2 is 2.11 bits per heavy atom. The summed E-state index contributed by atoms with van der Waals surface area (Å²) in [4.78, 5) is 13.1. The summed E-state index contributed by atoms with van der Waals surface area (Å²) in [6.45, 7) is 4.76. The maximum atomic E-state index is 10.8. The monoisotopic (exact) mass is 248 g/mol. The van der Waals surface area contributed by atoms with Crippen molar-refractivity contribution < 1.29 is 9.90 Å². The van der Waals surface area contributed by atoms with Gasteiger partial charge in [0.2, 0.25) is 0 Å². The van der Waals surface area contributed by atoms with Gasteiger partial charge in [-0.3, -0.25) is 9.69 Å². The van der Waals surface area contributed by atoms with E-state index in [1.165, 1.54) is 5.56 Å². The number of aliphatic carboxylic acids is 1. The van der Waals surface area contributed by atoms with Crippen LogP contribution in [0.2, 0.25) is 0 Å². The van der Waals surface area contributed by atoms with Crippen LogP contribution in [0, 0.1) is 0 Å². The first kappa shape index (κ1) is 13.1. The van der Waals surface area contributed by atoms with Crippen LogP contribution in [-0.2, 0) is 11.3 Å². The number of carboxylic acids is 1. The molecule has 0 bridgehead atoms. The molecule has 4 heteroatoms. The van der Waals surface area contributed by atoms with Crippen molar-refractivity contribution in [2.24, 2.45) is 0 Å². The van der Waals surface area contributed by atoms with Crippen molar-refractivity contribution in [3.05, 3.63) is 35.9 Å². The zero-order valence-electron chi connectivity index (χ0n) is 10.7. The van der Waals surface area contributed by atoms with E-state index in [-0.39, 0.29) is 12.5 Å². The normalized spacial score (nSPS) is 24.9. The third-order valence-electron chi connectivity index (χ3n) is 3.20. The number of carbonyl (C=O) groups is 1. The van der Waals surface area contributed by atoms with Crippen molar-refractivity contribution in [3.8, 4) is 0 Å². The number of nitrogens with zero attached hydrogens (tertiary/aromatic N) is 1. The Morgan fingerprint density at radius 1 is 1.39 bits per heavy atom. The highest BCUT2D eigenvalue weighted by molar-refractivity contribution is 5.67. The highest BCUT2D eigenvalue weighted by Gasteiger charge is 2.25. The fraction of sp³-hybridized carbons (Fsp3) is 0.500. The van der Waals surface area contributed by atoms with E-state index >= 15 is 0 Å². The van der Waals surface area contributed by atoms with Crippen molar-refractivity contribution in [1.29, 1.82) is 0 Å². The molecule has 1 fully saturated rings. The minimum absolute atomic E-state index is 0.0509. The molecule has 1 saturated heterocycles. The summed E-state index contributed by atoms with van der Waals surface area (Å²) in [6, 6.07) is 10.7. The largest absolute Gasteiger partial charge is 0.481 e. The van der Waals surface area contributed by atoms with E-state index < -0.39 is 5.97 Å². The Bertz CT molecular complexity index is 394. The number of nitrogens with one attached hydrogen (secondary N) is 1. The number of hydrogen-bond acceptors (Lipinski definition) is 3. The maximum absolute atomic E-state index is 10.8. The smallest absolute Gasteiger partial charge is 0.304 e. The van der Waals surface area contributed by atoms with E-state index in [0.29, 0.717) is 6.04 Å². The second kappa shape index (κ2) is 5.98. The van der Waals surface area contributed by atoms with Crippen LogP contribution in [0.3, 0.4) is 0 Å². The van der Waals surface area contributed by atoms with Gasteiger partial charge in [-0.2, -0.15) is 0 Å². The molecular formula is C14H20N2O2. The average Bonchev–Trinajstić information content (AvgIpc) is 2.28. The predicted molar refractivity (Wildman–Crippen MR) is 70.4 cm³/mol. The quantitative estimate of drug-likeness (QED) is 0.844. The van der Waals surface area contributed by atoms with Crippen molar-refractivity contribution in [2.45, 2.75) is 32.0 Å². The molecule has 0 aromatic heterocycles. The van der Waals surface area contributed by atoms with Crippen molar-refractivity contribution in [3.63, 3.8) is 0 Å². The van der Waals surface area contributed by atoms with E-state index in [2.05, 4.69) is 29.3 Å². The molecule has 0 unspecified atom stereocenters. The van der Waals surface area contributed by atoms with E-state index in [9.17, 15) is 4.79 Å². The molecular weight excluding hydrogens is 228 g/mol. The summed E-state index contributed by atoms with van der Waals surface area (Å²) in [6.07, 6.45) is 0.190. The summed E-state index contributed by atoms with van der Waals surface area (Å²) in [5.74, 6) is -0.735. The van der Waals surface area contributed by atoms with Crippen LogP contribution < -0.4 is 5.32 Å². The molecule has 2 N–H and O–H groups in total. The first-order valence-electron chi connectivity index (χ1n) is 6.37. The van der Waals surface area contributed by atoms with Gasteiger partial charge in [-0.15, -0.1) is 0 Å². The van der Waals surface area contributed by atoms with Crippen LogP contribution in [0.1, 0.15) is 18.9 Å². The van der Waals surface area contributed by atoms with E-state index in [4.69, 9.17) is 5.11 Å². The highest BCUT2D eigenvalue weighted by Crippen LogP contribution is 2.11. The second-order valence-corrected chi connectivity index (χ2v) is 5.04. The number of rotatable bonds is 4. The molecule has 4 nitrogen and oxygen atoms in total. The topological polar surface area (TPSA) is 52.6 Å². The lowest BCUT2D eigenvalue weighted by Gasteiger charge is -2.37. The fourth-order valence-electron chi connectivity index (χ4n) is 2.59. The first-order valence-corrected chi connectivity index (χ1v) is 6.37. The highest BCUT2D eigenvalue weighted by atomic mass is 16.4. The van der Waals surface area contributed by atoms with Gasteiger partial charge < -0.3 is 10.4 Å². The predicted octanol–water partition coefficient (Wildman–Crippen LogP) is 1.32. The molecule has 0 radical (unpaired) electrons. The van der Waals surface area contributed by atoms with E-state index in [1.54, 1.807) is 0 Å². The molecule has 1 aliphatic rings. The summed E-state index contributed by atoms with van der Waals surface area (Å²) in [5, 5.41) is 12.2. The van der Waals surface area contributed by atoms with Crippen molar-refractivity contribution in [1.82, 2.24) is 10.2 Å². The molecule has 18 heavy (non-hydrogen) atoms. The van der Waals surface area contributed by atoms with Crippen LogP contribution in [-0.4, -0.2) is 41.1 Å². The Kier molecular flexibility index (Phi) is 4.33. The van der Waals surface area contributed by atoms with Gasteiger partial charge in [0.05, 0.1) is 6.42 Å². The number of carboxylic acid groups (broad SMARTS) is 1. The molecule has 1 aromatic carbocycles. The van der Waals surface area contributed by atoms with Crippen LogP contribution in [0.25, 0.3) is 0 Å². The summed E-state index contributed by atoms with van der Waals surface area (Å²) >= 11 is 0. The summed E-state index contributed by atoms with van der Waals surface area (Å²) in [7, 11) is 0. The van der Waals surface area contributed by atoms with Gasteiger partial charge in [-0.25, -0.2) is 0 Å². The van der Waals surface area contributed by atoms with Crippen molar-refractivity contribution in [2.75, 3.05) is 13.1 Å². The Hall–Kier alpha value is -1.39. The Labute approximate surface area is 108 Å². The summed E-state index contributed by atoms with van der Waals surface area (Å²) < 4.78 is 0. The SMILES string of the molecule is C[C@H]1CN(Cc2ccccc2)C[C@@H](CC(=O)O)N1. The molecule has 0 spiro atoms. The molecule has 0 aliphatic carbocycles. The molecule has 0 saturated carbocycles. The van der Waals surface area contributed by atoms with Crippen LogP contribution in [0.4, 0.5) is 0 Å². The number of piperazine rings is 1. The van der Waals surface area contributed by atoms with Crippen molar-refractivity contribution >= 4 is 5.97 Å². The molecule has 1 aromatic rings. The van der Waals surface area contributed by atoms with Gasteiger partial charge in [0.15, 0.2) is 0 Å². The van der Waals surface area contributed by atoms with E-state index in [0.717, 1.165) is 19.6 Å².